The molecule has 0 aromatic carbocycles. The number of nitrogens with two attached hydrogens (primary N) is 1. The van der Waals surface area contributed by atoms with Gasteiger partial charge in [-0.15, -0.1) is 0 Å². The zero-order valence-corrected chi connectivity index (χ0v) is 11.0. The van der Waals surface area contributed by atoms with Gasteiger partial charge in [-0.2, -0.15) is 0 Å². The number of nitrogens with one attached hydrogen (secondary N) is 1. The van der Waals surface area contributed by atoms with Gasteiger partial charge in [0.2, 0.25) is 5.03 Å². The minimum atomic E-state index is -3.94. The summed E-state index contributed by atoms with van der Waals surface area (Å²) in [6, 6.07) is 2.06. The fourth-order valence-electron chi connectivity index (χ4n) is 1.97. The minimum Gasteiger partial charge on any atom is -0.327 e. The van der Waals surface area contributed by atoms with E-state index in [-0.39, 0.29) is 17.5 Å². The molecule has 7 heteroatoms. The Morgan fingerprint density at radius 2 is 2.22 bits per heavy atom. The minimum absolute atomic E-state index is 0.0567. The molecule has 5 nitrogen and oxygen atoms in total. The van der Waals surface area contributed by atoms with Crippen molar-refractivity contribution in [3.05, 3.63) is 24.1 Å². The maximum atomic E-state index is 13.4. The lowest BCUT2D eigenvalue weighted by Crippen LogP contribution is -2.64. The summed E-state index contributed by atoms with van der Waals surface area (Å²) in [6.07, 6.45) is 1.79. The second-order valence-corrected chi connectivity index (χ2v) is 6.76. The van der Waals surface area contributed by atoms with Gasteiger partial charge in [-0.05, 0) is 24.0 Å². The maximum Gasteiger partial charge on any atom is 0.261 e. The molecular formula is C11H16FN3O2S. The smallest absolute Gasteiger partial charge is 0.261 e. The largest absolute Gasteiger partial charge is 0.327 e. The van der Waals surface area contributed by atoms with Crippen LogP contribution >= 0.6 is 0 Å². The summed E-state index contributed by atoms with van der Waals surface area (Å²) in [7, 11) is -3.94. The number of halogens is 1. The Labute approximate surface area is 106 Å². The summed E-state index contributed by atoms with van der Waals surface area (Å²) >= 11 is 0. The van der Waals surface area contributed by atoms with Crippen molar-refractivity contribution in [2.75, 3.05) is 0 Å². The molecule has 2 rings (SSSR count). The average Bonchev–Trinajstić information content (AvgIpc) is 2.29. The standard InChI is InChI=1S/C11H16FN3O2S/c1-11(2)8(13)6-9(11)15-18(16,17)10-7(12)4-3-5-14-10/h3-5,8-9,15H,6,13H2,1-2H3. The first-order valence-corrected chi connectivity index (χ1v) is 7.12. The zero-order valence-electron chi connectivity index (χ0n) is 10.2. The summed E-state index contributed by atoms with van der Waals surface area (Å²) in [5.74, 6) is -0.855. The van der Waals surface area contributed by atoms with Crippen molar-refractivity contribution >= 4 is 10.0 Å². The average molecular weight is 273 g/mol. The first-order chi connectivity index (χ1) is 8.25. The van der Waals surface area contributed by atoms with E-state index in [4.69, 9.17) is 5.73 Å². The van der Waals surface area contributed by atoms with E-state index < -0.39 is 20.9 Å². The highest BCUT2D eigenvalue weighted by Crippen LogP contribution is 2.39. The molecule has 0 saturated heterocycles. The first-order valence-electron chi connectivity index (χ1n) is 5.63. The van der Waals surface area contributed by atoms with Crippen molar-refractivity contribution in [2.45, 2.75) is 37.4 Å². The number of hydrogen-bond donors (Lipinski definition) is 2. The Kier molecular flexibility index (Phi) is 3.16. The molecule has 1 aromatic heterocycles. The second-order valence-electron chi connectivity index (χ2n) is 5.13. The number of hydrogen-bond acceptors (Lipinski definition) is 4. The Bertz CT molecular complexity index is 559. The number of nitrogens with zero attached hydrogens (tertiary/aromatic N) is 1. The molecule has 1 aliphatic rings. The third-order valence-corrected chi connectivity index (χ3v) is 5.02. The molecule has 2 atom stereocenters. The van der Waals surface area contributed by atoms with Crippen LogP contribution in [0.2, 0.25) is 0 Å². The van der Waals surface area contributed by atoms with E-state index in [0.29, 0.717) is 6.42 Å². The van der Waals surface area contributed by atoms with E-state index in [2.05, 4.69) is 9.71 Å². The second kappa shape index (κ2) is 4.25. The molecule has 1 saturated carbocycles. The molecule has 100 valence electrons. The number of sulfonamides is 1. The van der Waals surface area contributed by atoms with Crippen LogP contribution in [0.1, 0.15) is 20.3 Å². The maximum absolute atomic E-state index is 13.4. The number of aromatic nitrogens is 1. The quantitative estimate of drug-likeness (QED) is 0.845. The van der Waals surface area contributed by atoms with Crippen LogP contribution in [0.4, 0.5) is 4.39 Å². The fourth-order valence-corrected chi connectivity index (χ4v) is 3.38. The lowest BCUT2D eigenvalue weighted by molar-refractivity contribution is 0.0902. The van der Waals surface area contributed by atoms with Crippen LogP contribution in [-0.2, 0) is 10.0 Å². The van der Waals surface area contributed by atoms with Crippen LogP contribution in [-0.4, -0.2) is 25.5 Å². The van der Waals surface area contributed by atoms with Gasteiger partial charge in [0.25, 0.3) is 10.0 Å². The lowest BCUT2D eigenvalue weighted by Gasteiger charge is -2.50. The summed E-state index contributed by atoms with van der Waals surface area (Å²) in [5, 5.41) is -0.568. The van der Waals surface area contributed by atoms with Gasteiger partial charge in [0.1, 0.15) is 0 Å². The predicted molar refractivity (Wildman–Crippen MR) is 64.7 cm³/mol. The molecule has 0 aliphatic heterocycles. The SMILES string of the molecule is CC1(C)C(N)CC1NS(=O)(=O)c1ncccc1F. The number of rotatable bonds is 3. The van der Waals surface area contributed by atoms with Gasteiger partial charge in [0.15, 0.2) is 5.82 Å². The number of pyridine rings is 1. The Morgan fingerprint density at radius 3 is 2.72 bits per heavy atom. The van der Waals surface area contributed by atoms with Crippen molar-refractivity contribution < 1.29 is 12.8 Å². The Morgan fingerprint density at radius 1 is 1.56 bits per heavy atom. The van der Waals surface area contributed by atoms with E-state index in [9.17, 15) is 12.8 Å². The Balaban J connectivity index is 2.22. The van der Waals surface area contributed by atoms with Crippen LogP contribution in [0, 0.1) is 11.2 Å². The summed E-state index contributed by atoms with van der Waals surface area (Å²) in [4.78, 5) is 3.57. The summed E-state index contributed by atoms with van der Waals surface area (Å²) in [6.45, 7) is 3.76. The lowest BCUT2D eigenvalue weighted by atomic mass is 9.64. The van der Waals surface area contributed by atoms with Gasteiger partial charge in [0, 0.05) is 18.3 Å². The van der Waals surface area contributed by atoms with Crippen molar-refractivity contribution in [2.24, 2.45) is 11.1 Å². The van der Waals surface area contributed by atoms with Crippen LogP contribution in [0.15, 0.2) is 23.4 Å². The van der Waals surface area contributed by atoms with Crippen LogP contribution in [0.3, 0.4) is 0 Å². The van der Waals surface area contributed by atoms with Crippen LogP contribution in [0.25, 0.3) is 0 Å². The molecule has 2 unspecified atom stereocenters. The monoisotopic (exact) mass is 273 g/mol. The zero-order chi connectivity index (χ0) is 13.6. The molecule has 1 aliphatic carbocycles. The normalized spacial score (nSPS) is 26.7. The van der Waals surface area contributed by atoms with Gasteiger partial charge in [-0.3, -0.25) is 0 Å². The van der Waals surface area contributed by atoms with Crippen molar-refractivity contribution in [1.29, 1.82) is 0 Å². The van der Waals surface area contributed by atoms with Gasteiger partial charge < -0.3 is 5.73 Å². The molecular weight excluding hydrogens is 257 g/mol. The third kappa shape index (κ3) is 2.13. The van der Waals surface area contributed by atoms with Gasteiger partial charge >= 0.3 is 0 Å². The van der Waals surface area contributed by atoms with Crippen molar-refractivity contribution in [1.82, 2.24) is 9.71 Å². The fraction of sp³-hybridized carbons (Fsp3) is 0.545. The predicted octanol–water partition coefficient (Wildman–Crippen LogP) is 0.625. The molecule has 1 heterocycles. The molecule has 3 N–H and O–H groups in total. The van der Waals surface area contributed by atoms with Crippen LogP contribution in [0.5, 0.6) is 0 Å². The van der Waals surface area contributed by atoms with E-state index in [0.717, 1.165) is 6.07 Å². The topological polar surface area (TPSA) is 85.1 Å². The third-order valence-electron chi connectivity index (χ3n) is 3.62. The molecule has 0 amide bonds. The van der Waals surface area contributed by atoms with Crippen molar-refractivity contribution in [3.8, 4) is 0 Å². The molecule has 1 fully saturated rings. The Hall–Kier alpha value is -1.05. The highest BCUT2D eigenvalue weighted by atomic mass is 32.2. The van der Waals surface area contributed by atoms with Gasteiger partial charge in [-0.25, -0.2) is 22.5 Å². The summed E-state index contributed by atoms with van der Waals surface area (Å²) in [5.41, 5.74) is 5.47. The molecule has 1 aromatic rings. The van der Waals surface area contributed by atoms with E-state index >= 15 is 0 Å². The van der Waals surface area contributed by atoms with E-state index in [1.54, 1.807) is 0 Å². The van der Waals surface area contributed by atoms with Crippen LogP contribution < -0.4 is 10.5 Å². The van der Waals surface area contributed by atoms with Gasteiger partial charge in [0.05, 0.1) is 0 Å². The molecule has 0 bridgehead atoms. The highest BCUT2D eigenvalue weighted by molar-refractivity contribution is 7.89. The first kappa shape index (κ1) is 13.4. The molecule has 18 heavy (non-hydrogen) atoms. The summed E-state index contributed by atoms with van der Waals surface area (Å²) < 4.78 is 39.9. The highest BCUT2D eigenvalue weighted by Gasteiger charge is 2.48. The van der Waals surface area contributed by atoms with Crippen molar-refractivity contribution in [3.63, 3.8) is 0 Å². The molecule has 0 spiro atoms. The van der Waals surface area contributed by atoms with E-state index in [1.807, 2.05) is 13.8 Å². The molecule has 0 radical (unpaired) electrons. The van der Waals surface area contributed by atoms with Gasteiger partial charge in [-0.1, -0.05) is 13.8 Å². The van der Waals surface area contributed by atoms with E-state index in [1.165, 1.54) is 12.3 Å².